The predicted molar refractivity (Wildman–Crippen MR) is 138 cm³/mol. The van der Waals surface area contributed by atoms with Gasteiger partial charge in [0.05, 0.1) is 28.3 Å². The van der Waals surface area contributed by atoms with Crippen LogP contribution in [0.5, 0.6) is 5.75 Å². The molecule has 180 valence electrons. The van der Waals surface area contributed by atoms with Crippen LogP contribution in [0.4, 0.5) is 0 Å². The molecule has 3 aromatic carbocycles. The number of Topliss-reactive ketones (excluding diaryl/α,β-unsaturated/α-hetero) is 1. The molecule has 1 aliphatic rings. The summed E-state index contributed by atoms with van der Waals surface area (Å²) in [5.41, 5.74) is 2.06. The Morgan fingerprint density at radius 1 is 0.971 bits per heavy atom. The Bertz CT molecular complexity index is 1260. The number of benzene rings is 3. The summed E-state index contributed by atoms with van der Waals surface area (Å²) >= 11 is 12.4. The van der Waals surface area contributed by atoms with Crippen molar-refractivity contribution in [3.8, 4) is 5.75 Å². The number of halogens is 2. The molecular formula is C28H25Cl2NO4. The molecule has 7 heteroatoms. The van der Waals surface area contributed by atoms with E-state index >= 15 is 0 Å². The van der Waals surface area contributed by atoms with Gasteiger partial charge in [-0.3, -0.25) is 9.59 Å². The lowest BCUT2D eigenvalue weighted by atomic mass is 9.95. The molecule has 1 N–H and O–H groups in total. The van der Waals surface area contributed by atoms with E-state index in [1.165, 1.54) is 4.90 Å². The van der Waals surface area contributed by atoms with Crippen molar-refractivity contribution in [2.45, 2.75) is 25.8 Å². The molecule has 1 atom stereocenters. The number of aliphatic hydroxyl groups excluding tert-OH is 1. The highest BCUT2D eigenvalue weighted by atomic mass is 35.5. The average Bonchev–Trinajstić information content (AvgIpc) is 3.13. The first kappa shape index (κ1) is 24.8. The smallest absolute Gasteiger partial charge is 0.295 e. The summed E-state index contributed by atoms with van der Waals surface area (Å²) in [5.74, 6) is -0.990. The molecule has 0 radical (unpaired) electrons. The normalized spacial score (nSPS) is 17.1. The number of aliphatic hydroxyl groups is 1. The fourth-order valence-corrected chi connectivity index (χ4v) is 4.42. The Kier molecular flexibility index (Phi) is 7.79. The van der Waals surface area contributed by atoms with Gasteiger partial charge in [0, 0.05) is 12.1 Å². The average molecular weight is 510 g/mol. The third-order valence-electron chi connectivity index (χ3n) is 5.88. The first-order chi connectivity index (χ1) is 16.9. The Hall–Kier alpha value is -3.28. The maximum Gasteiger partial charge on any atom is 0.295 e. The summed E-state index contributed by atoms with van der Waals surface area (Å²) in [6, 6.07) is 20.7. The van der Waals surface area contributed by atoms with Crippen LogP contribution >= 0.6 is 23.2 Å². The lowest BCUT2D eigenvalue weighted by Crippen LogP contribution is -2.31. The van der Waals surface area contributed by atoms with E-state index in [4.69, 9.17) is 27.9 Å². The summed E-state index contributed by atoms with van der Waals surface area (Å²) in [7, 11) is 0. The van der Waals surface area contributed by atoms with Crippen LogP contribution in [0.2, 0.25) is 10.0 Å². The maximum absolute atomic E-state index is 13.2. The van der Waals surface area contributed by atoms with Crippen LogP contribution in [0, 0.1) is 0 Å². The fourth-order valence-electron chi connectivity index (χ4n) is 4.12. The number of carbonyl (C=O) groups excluding carboxylic acids is 2. The molecular weight excluding hydrogens is 485 g/mol. The predicted octanol–water partition coefficient (Wildman–Crippen LogP) is 6.45. The quantitative estimate of drug-likeness (QED) is 0.215. The minimum absolute atomic E-state index is 0.0173. The monoisotopic (exact) mass is 509 g/mol. The van der Waals surface area contributed by atoms with Gasteiger partial charge in [-0.25, -0.2) is 0 Å². The van der Waals surface area contributed by atoms with E-state index in [9.17, 15) is 14.7 Å². The van der Waals surface area contributed by atoms with Crippen LogP contribution < -0.4 is 4.74 Å². The number of rotatable bonds is 8. The zero-order valence-electron chi connectivity index (χ0n) is 19.2. The summed E-state index contributed by atoms with van der Waals surface area (Å²) in [4.78, 5) is 27.8. The number of hydrogen-bond donors (Lipinski definition) is 1. The molecule has 0 bridgehead atoms. The molecule has 1 saturated heterocycles. The summed E-state index contributed by atoms with van der Waals surface area (Å²) in [6.07, 6.45) is 1.42. The fraction of sp³-hybridized carbons (Fsp3) is 0.214. The van der Waals surface area contributed by atoms with Crippen molar-refractivity contribution in [3.05, 3.63) is 105 Å². The van der Waals surface area contributed by atoms with Crippen molar-refractivity contribution in [2.75, 3.05) is 13.2 Å². The first-order valence-corrected chi connectivity index (χ1v) is 12.2. The number of nitrogens with zero attached hydrogens (tertiary/aromatic N) is 1. The van der Waals surface area contributed by atoms with Crippen LogP contribution in [0.3, 0.4) is 0 Å². The second-order valence-electron chi connectivity index (χ2n) is 8.27. The lowest BCUT2D eigenvalue weighted by Gasteiger charge is -2.25. The molecule has 1 amide bonds. The van der Waals surface area contributed by atoms with Crippen molar-refractivity contribution < 1.29 is 19.4 Å². The highest BCUT2D eigenvalue weighted by Crippen LogP contribution is 2.41. The summed E-state index contributed by atoms with van der Waals surface area (Å²) < 4.78 is 5.61. The van der Waals surface area contributed by atoms with Crippen LogP contribution in [0.25, 0.3) is 5.76 Å². The van der Waals surface area contributed by atoms with Crippen molar-refractivity contribution >= 4 is 40.7 Å². The first-order valence-electron chi connectivity index (χ1n) is 11.4. The zero-order chi connectivity index (χ0) is 24.9. The highest BCUT2D eigenvalue weighted by Gasteiger charge is 2.46. The Morgan fingerprint density at radius 3 is 2.34 bits per heavy atom. The summed E-state index contributed by atoms with van der Waals surface area (Å²) in [5, 5.41) is 11.9. The Morgan fingerprint density at radius 2 is 1.69 bits per heavy atom. The molecule has 35 heavy (non-hydrogen) atoms. The van der Waals surface area contributed by atoms with Gasteiger partial charge in [-0.05, 0) is 60.4 Å². The van der Waals surface area contributed by atoms with E-state index in [1.54, 1.807) is 42.5 Å². The van der Waals surface area contributed by atoms with E-state index < -0.39 is 17.7 Å². The van der Waals surface area contributed by atoms with Gasteiger partial charge in [0.15, 0.2) is 0 Å². The topological polar surface area (TPSA) is 66.8 Å². The number of carbonyl (C=O) groups is 2. The number of ether oxygens (including phenoxy) is 1. The molecule has 0 aliphatic carbocycles. The number of likely N-dealkylation sites (tertiary alicyclic amines) is 1. The molecule has 0 aromatic heterocycles. The number of amides is 1. The molecule has 0 spiro atoms. The van der Waals surface area contributed by atoms with E-state index in [0.717, 1.165) is 12.0 Å². The van der Waals surface area contributed by atoms with Crippen LogP contribution in [0.15, 0.2) is 78.4 Å². The number of ketones is 1. The second kappa shape index (κ2) is 11.0. The van der Waals surface area contributed by atoms with Gasteiger partial charge in [-0.2, -0.15) is 0 Å². The maximum atomic E-state index is 13.2. The zero-order valence-corrected chi connectivity index (χ0v) is 20.7. The number of hydrogen-bond acceptors (Lipinski definition) is 4. The molecule has 1 aliphatic heterocycles. The van der Waals surface area contributed by atoms with Gasteiger partial charge in [-0.1, -0.05) is 66.5 Å². The largest absolute Gasteiger partial charge is 0.507 e. The van der Waals surface area contributed by atoms with E-state index in [1.807, 2.05) is 37.3 Å². The minimum atomic E-state index is -0.801. The second-order valence-corrected chi connectivity index (χ2v) is 9.09. The molecule has 1 unspecified atom stereocenters. The van der Waals surface area contributed by atoms with Crippen LogP contribution in [-0.2, 0) is 16.0 Å². The van der Waals surface area contributed by atoms with Crippen LogP contribution in [-0.4, -0.2) is 34.8 Å². The molecule has 4 rings (SSSR count). The Labute approximate surface area is 214 Å². The molecule has 5 nitrogen and oxygen atoms in total. The minimum Gasteiger partial charge on any atom is -0.507 e. The summed E-state index contributed by atoms with van der Waals surface area (Å²) in [6.45, 7) is 2.88. The van der Waals surface area contributed by atoms with Crippen molar-refractivity contribution in [2.24, 2.45) is 0 Å². The van der Waals surface area contributed by atoms with E-state index in [2.05, 4.69) is 0 Å². The van der Waals surface area contributed by atoms with E-state index in [-0.39, 0.29) is 11.3 Å². The van der Waals surface area contributed by atoms with Gasteiger partial charge in [0.2, 0.25) is 0 Å². The standard InChI is InChI=1S/C28H25Cl2NO4/c1-2-16-35-21-11-8-19(9-12-21)26(32)24-25(20-10-13-22(29)23(30)17-20)31(28(34)27(24)33)15-14-18-6-4-3-5-7-18/h3-13,17,25,32H,2,14-16H2,1H3. The Balaban J connectivity index is 1.75. The lowest BCUT2D eigenvalue weighted by molar-refractivity contribution is -0.139. The highest BCUT2D eigenvalue weighted by molar-refractivity contribution is 6.46. The molecule has 1 fully saturated rings. The van der Waals surface area contributed by atoms with Crippen molar-refractivity contribution in [1.29, 1.82) is 0 Å². The van der Waals surface area contributed by atoms with Crippen LogP contribution in [0.1, 0.15) is 36.1 Å². The third-order valence-corrected chi connectivity index (χ3v) is 6.62. The van der Waals surface area contributed by atoms with Gasteiger partial charge in [-0.15, -0.1) is 0 Å². The van der Waals surface area contributed by atoms with Gasteiger partial charge >= 0.3 is 0 Å². The molecule has 3 aromatic rings. The van der Waals surface area contributed by atoms with Crippen molar-refractivity contribution in [1.82, 2.24) is 4.90 Å². The van der Waals surface area contributed by atoms with E-state index in [0.29, 0.717) is 46.5 Å². The van der Waals surface area contributed by atoms with Crippen molar-refractivity contribution in [3.63, 3.8) is 0 Å². The van der Waals surface area contributed by atoms with Gasteiger partial charge < -0.3 is 14.7 Å². The SMILES string of the molecule is CCCOc1ccc(C(O)=C2C(=O)C(=O)N(CCc3ccccc3)C2c2ccc(Cl)c(Cl)c2)cc1. The van der Waals surface area contributed by atoms with Gasteiger partial charge in [0.1, 0.15) is 11.5 Å². The third kappa shape index (κ3) is 5.37. The van der Waals surface area contributed by atoms with Gasteiger partial charge in [0.25, 0.3) is 11.7 Å². The molecule has 1 heterocycles. The molecule has 0 saturated carbocycles.